The SMILES string of the molecule is FC1(c2cccnc2)CCCNCC1. The van der Waals surface area contributed by atoms with Crippen LogP contribution < -0.4 is 5.32 Å². The minimum Gasteiger partial charge on any atom is -0.317 e. The summed E-state index contributed by atoms with van der Waals surface area (Å²) in [5, 5.41) is 3.21. The van der Waals surface area contributed by atoms with Crippen molar-refractivity contribution in [3.8, 4) is 0 Å². The van der Waals surface area contributed by atoms with Crippen molar-refractivity contribution in [2.45, 2.75) is 24.9 Å². The molecule has 2 rings (SSSR count). The van der Waals surface area contributed by atoms with Gasteiger partial charge in [-0.15, -0.1) is 0 Å². The molecule has 1 aliphatic heterocycles. The molecular weight excluding hydrogens is 179 g/mol. The van der Waals surface area contributed by atoms with E-state index in [0.717, 1.165) is 25.1 Å². The van der Waals surface area contributed by atoms with Crippen LogP contribution in [-0.2, 0) is 5.67 Å². The first-order chi connectivity index (χ1) is 6.81. The molecule has 1 atom stereocenters. The zero-order valence-corrected chi connectivity index (χ0v) is 8.17. The van der Waals surface area contributed by atoms with E-state index < -0.39 is 5.67 Å². The van der Waals surface area contributed by atoms with Gasteiger partial charge in [-0.25, -0.2) is 4.39 Å². The van der Waals surface area contributed by atoms with E-state index in [-0.39, 0.29) is 0 Å². The Bertz CT molecular complexity index is 279. The fourth-order valence-corrected chi connectivity index (χ4v) is 1.95. The first-order valence-electron chi connectivity index (χ1n) is 5.11. The molecule has 1 N–H and O–H groups in total. The largest absolute Gasteiger partial charge is 0.317 e. The molecule has 0 aromatic carbocycles. The van der Waals surface area contributed by atoms with E-state index in [4.69, 9.17) is 0 Å². The van der Waals surface area contributed by atoms with Crippen LogP contribution in [0.1, 0.15) is 24.8 Å². The molecule has 1 aromatic heterocycles. The number of nitrogens with zero attached hydrogens (tertiary/aromatic N) is 1. The summed E-state index contributed by atoms with van der Waals surface area (Å²) in [5.74, 6) is 0. The van der Waals surface area contributed by atoms with E-state index in [1.165, 1.54) is 0 Å². The molecule has 2 nitrogen and oxygen atoms in total. The Balaban J connectivity index is 2.21. The predicted molar refractivity (Wildman–Crippen MR) is 53.7 cm³/mol. The quantitative estimate of drug-likeness (QED) is 0.739. The molecule has 14 heavy (non-hydrogen) atoms. The highest BCUT2D eigenvalue weighted by atomic mass is 19.1. The predicted octanol–water partition coefficient (Wildman–Crippen LogP) is 2.02. The Kier molecular flexibility index (Phi) is 2.77. The maximum Gasteiger partial charge on any atom is 0.138 e. The third-order valence-electron chi connectivity index (χ3n) is 2.80. The molecule has 1 unspecified atom stereocenters. The van der Waals surface area contributed by atoms with Crippen molar-refractivity contribution >= 4 is 0 Å². The summed E-state index contributed by atoms with van der Waals surface area (Å²) in [6.45, 7) is 1.68. The molecule has 0 spiro atoms. The number of pyridine rings is 1. The lowest BCUT2D eigenvalue weighted by Gasteiger charge is -2.23. The van der Waals surface area contributed by atoms with Crippen LogP contribution >= 0.6 is 0 Å². The average Bonchev–Trinajstić information content (AvgIpc) is 2.46. The lowest BCUT2D eigenvalue weighted by molar-refractivity contribution is 0.144. The highest BCUT2D eigenvalue weighted by molar-refractivity contribution is 5.18. The van der Waals surface area contributed by atoms with Crippen molar-refractivity contribution < 1.29 is 4.39 Å². The van der Waals surface area contributed by atoms with E-state index in [2.05, 4.69) is 10.3 Å². The van der Waals surface area contributed by atoms with Crippen LogP contribution in [0.15, 0.2) is 24.5 Å². The molecule has 0 amide bonds. The van der Waals surface area contributed by atoms with Crippen molar-refractivity contribution in [1.29, 1.82) is 0 Å². The molecule has 1 fully saturated rings. The topological polar surface area (TPSA) is 24.9 Å². The second-order valence-electron chi connectivity index (χ2n) is 3.81. The Hall–Kier alpha value is -0.960. The first kappa shape index (κ1) is 9.59. The zero-order chi connectivity index (χ0) is 9.86. The maximum atomic E-state index is 14.5. The minimum atomic E-state index is -1.17. The Morgan fingerprint density at radius 2 is 2.29 bits per heavy atom. The van der Waals surface area contributed by atoms with E-state index in [1.54, 1.807) is 18.5 Å². The fourth-order valence-electron chi connectivity index (χ4n) is 1.95. The maximum absolute atomic E-state index is 14.5. The highest BCUT2D eigenvalue weighted by Gasteiger charge is 2.32. The second-order valence-corrected chi connectivity index (χ2v) is 3.81. The molecule has 1 aliphatic rings. The molecule has 1 aromatic rings. The van der Waals surface area contributed by atoms with Gasteiger partial charge in [-0.05, 0) is 38.4 Å². The van der Waals surface area contributed by atoms with Gasteiger partial charge in [0.1, 0.15) is 5.67 Å². The van der Waals surface area contributed by atoms with Crippen LogP contribution in [-0.4, -0.2) is 18.1 Å². The molecule has 0 radical (unpaired) electrons. The molecule has 0 aliphatic carbocycles. The summed E-state index contributed by atoms with van der Waals surface area (Å²) in [4.78, 5) is 3.98. The van der Waals surface area contributed by atoms with Gasteiger partial charge in [0.25, 0.3) is 0 Å². The number of halogens is 1. The summed E-state index contributed by atoms with van der Waals surface area (Å²) in [6, 6.07) is 3.63. The first-order valence-corrected chi connectivity index (χ1v) is 5.11. The van der Waals surface area contributed by atoms with Crippen LogP contribution in [0.3, 0.4) is 0 Å². The van der Waals surface area contributed by atoms with Crippen molar-refractivity contribution in [3.63, 3.8) is 0 Å². The van der Waals surface area contributed by atoms with Crippen LogP contribution in [0.25, 0.3) is 0 Å². The van der Waals surface area contributed by atoms with E-state index in [9.17, 15) is 4.39 Å². The Labute approximate surface area is 83.6 Å². The van der Waals surface area contributed by atoms with Crippen molar-refractivity contribution in [3.05, 3.63) is 30.1 Å². The van der Waals surface area contributed by atoms with Gasteiger partial charge in [0.05, 0.1) is 0 Å². The number of rotatable bonds is 1. The Morgan fingerprint density at radius 3 is 3.07 bits per heavy atom. The molecule has 2 heterocycles. The van der Waals surface area contributed by atoms with Gasteiger partial charge in [0.15, 0.2) is 0 Å². The van der Waals surface area contributed by atoms with Crippen LogP contribution in [0.2, 0.25) is 0 Å². The summed E-state index contributed by atoms with van der Waals surface area (Å²) in [7, 11) is 0. The Morgan fingerprint density at radius 1 is 1.36 bits per heavy atom. The third kappa shape index (κ3) is 1.93. The van der Waals surface area contributed by atoms with Crippen molar-refractivity contribution in [1.82, 2.24) is 10.3 Å². The van der Waals surface area contributed by atoms with Gasteiger partial charge in [0, 0.05) is 18.0 Å². The van der Waals surface area contributed by atoms with Gasteiger partial charge in [-0.1, -0.05) is 6.07 Å². The van der Waals surface area contributed by atoms with Gasteiger partial charge >= 0.3 is 0 Å². The fraction of sp³-hybridized carbons (Fsp3) is 0.545. The average molecular weight is 194 g/mol. The number of nitrogens with one attached hydrogen (secondary N) is 1. The number of hydrogen-bond acceptors (Lipinski definition) is 2. The van der Waals surface area contributed by atoms with Gasteiger partial charge in [0.2, 0.25) is 0 Å². The summed E-state index contributed by atoms with van der Waals surface area (Å²) in [6.07, 6.45) is 5.38. The zero-order valence-electron chi connectivity index (χ0n) is 8.17. The summed E-state index contributed by atoms with van der Waals surface area (Å²) in [5.41, 5.74) is -0.443. The monoisotopic (exact) mass is 194 g/mol. The smallest absolute Gasteiger partial charge is 0.138 e. The van der Waals surface area contributed by atoms with Gasteiger partial charge in [-0.3, -0.25) is 4.98 Å². The lowest BCUT2D eigenvalue weighted by atomic mass is 9.90. The van der Waals surface area contributed by atoms with Crippen molar-refractivity contribution in [2.75, 3.05) is 13.1 Å². The molecule has 0 bridgehead atoms. The van der Waals surface area contributed by atoms with Crippen molar-refractivity contribution in [2.24, 2.45) is 0 Å². The van der Waals surface area contributed by atoms with Gasteiger partial charge < -0.3 is 5.32 Å². The highest BCUT2D eigenvalue weighted by Crippen LogP contribution is 2.34. The third-order valence-corrected chi connectivity index (χ3v) is 2.80. The van der Waals surface area contributed by atoms with Crippen LogP contribution in [0.4, 0.5) is 4.39 Å². The molecule has 0 saturated carbocycles. The standard InChI is InChI=1S/C11H15FN2/c12-11(4-2-7-13-8-5-11)10-3-1-6-14-9-10/h1,3,6,9,13H,2,4-5,7-8H2. The van der Waals surface area contributed by atoms with E-state index in [0.29, 0.717) is 12.8 Å². The van der Waals surface area contributed by atoms with Gasteiger partial charge in [-0.2, -0.15) is 0 Å². The second kappa shape index (κ2) is 4.05. The lowest BCUT2D eigenvalue weighted by Crippen LogP contribution is -2.22. The number of hydrogen-bond donors (Lipinski definition) is 1. The summed E-state index contributed by atoms with van der Waals surface area (Å²) < 4.78 is 14.5. The minimum absolute atomic E-state index is 0.554. The summed E-state index contributed by atoms with van der Waals surface area (Å²) >= 11 is 0. The normalized spacial score (nSPS) is 28.4. The molecule has 3 heteroatoms. The molecular formula is C11H15FN2. The molecule has 1 saturated heterocycles. The van der Waals surface area contributed by atoms with Crippen LogP contribution in [0.5, 0.6) is 0 Å². The van der Waals surface area contributed by atoms with E-state index in [1.807, 2.05) is 6.07 Å². The number of aromatic nitrogens is 1. The van der Waals surface area contributed by atoms with Crippen LogP contribution in [0, 0.1) is 0 Å². The van der Waals surface area contributed by atoms with E-state index >= 15 is 0 Å². The number of alkyl halides is 1. The molecule has 76 valence electrons.